The second-order valence-corrected chi connectivity index (χ2v) is 8.93. The van der Waals surface area contributed by atoms with Crippen LogP contribution in [0.1, 0.15) is 63.0 Å². The number of hydrogen-bond acceptors (Lipinski definition) is 2. The third-order valence-electron chi connectivity index (χ3n) is 6.17. The average molecular weight is 489 g/mol. The molecule has 188 valence electrons. The van der Waals surface area contributed by atoms with Crippen molar-refractivity contribution in [1.29, 1.82) is 0 Å². The maximum absolute atomic E-state index is 14.6. The van der Waals surface area contributed by atoms with Crippen LogP contribution in [0, 0.1) is 35.3 Å². The highest BCUT2D eigenvalue weighted by Crippen LogP contribution is 2.37. The highest BCUT2D eigenvalue weighted by atomic mass is 19.3. The number of aryl methyl sites for hydroxylation is 1. The number of halogens is 4. The third kappa shape index (κ3) is 7.52. The van der Waals surface area contributed by atoms with Gasteiger partial charge >= 0.3 is 6.11 Å². The van der Waals surface area contributed by atoms with Gasteiger partial charge in [-0.15, -0.1) is 12.5 Å². The number of alkyl halides is 2. The fourth-order valence-electron chi connectivity index (χ4n) is 4.09. The molecular formula is C29H32F4O2. The Balaban J connectivity index is 1.58. The molecule has 0 unspecified atom stereocenters. The molecule has 0 N–H and O–H groups in total. The van der Waals surface area contributed by atoms with Gasteiger partial charge < -0.3 is 9.47 Å². The van der Waals surface area contributed by atoms with Crippen LogP contribution in [0.4, 0.5) is 17.6 Å². The molecule has 1 saturated carbocycles. The van der Waals surface area contributed by atoms with Crippen LogP contribution in [-0.2, 0) is 12.5 Å². The topological polar surface area (TPSA) is 18.5 Å². The van der Waals surface area contributed by atoms with Crippen molar-refractivity contribution in [2.24, 2.45) is 11.8 Å². The summed E-state index contributed by atoms with van der Waals surface area (Å²) in [5.74, 6) is 3.41. The van der Waals surface area contributed by atoms with Gasteiger partial charge in [-0.2, -0.15) is 13.2 Å². The first kappa shape index (κ1) is 26.7. The van der Waals surface area contributed by atoms with E-state index < -0.39 is 23.3 Å². The number of ether oxygens (including phenoxy) is 2. The van der Waals surface area contributed by atoms with Crippen molar-refractivity contribution < 1.29 is 27.0 Å². The SMILES string of the molecule is C=CCCc1ccc(OC(F)(F)c2ccc(OCC3CCC(C#CCCC)CC3)c(F)c2F)cc1. The Morgan fingerprint density at radius 1 is 1.03 bits per heavy atom. The van der Waals surface area contributed by atoms with Crippen LogP contribution < -0.4 is 9.47 Å². The molecule has 6 heteroatoms. The van der Waals surface area contributed by atoms with Crippen LogP contribution in [-0.4, -0.2) is 6.61 Å². The lowest BCUT2D eigenvalue weighted by Gasteiger charge is -2.26. The summed E-state index contributed by atoms with van der Waals surface area (Å²) in [6.45, 7) is 5.94. The van der Waals surface area contributed by atoms with Gasteiger partial charge in [-0.25, -0.2) is 4.39 Å². The summed E-state index contributed by atoms with van der Waals surface area (Å²) in [6, 6.07) is 7.89. The van der Waals surface area contributed by atoms with Gasteiger partial charge in [0, 0.05) is 12.3 Å². The van der Waals surface area contributed by atoms with Crippen molar-refractivity contribution in [3.63, 3.8) is 0 Å². The summed E-state index contributed by atoms with van der Waals surface area (Å²) in [4.78, 5) is 0. The zero-order chi connectivity index (χ0) is 25.3. The monoisotopic (exact) mass is 488 g/mol. The molecule has 1 aliphatic carbocycles. The van der Waals surface area contributed by atoms with Crippen molar-refractivity contribution >= 4 is 0 Å². The van der Waals surface area contributed by atoms with Gasteiger partial charge in [0.25, 0.3) is 0 Å². The van der Waals surface area contributed by atoms with Gasteiger partial charge in [0.05, 0.1) is 6.61 Å². The van der Waals surface area contributed by atoms with Gasteiger partial charge in [-0.1, -0.05) is 31.1 Å². The van der Waals surface area contributed by atoms with E-state index in [4.69, 9.17) is 9.47 Å². The molecule has 3 rings (SSSR count). The number of benzene rings is 2. The standard InChI is InChI=1S/C29H32F4O2/c1-3-5-7-9-22-10-12-23(13-11-22)20-34-26-19-18-25(27(30)28(26)31)29(32,33)35-24-16-14-21(15-17-24)8-6-4-2/h4,14-19,22-23H,2-3,5-6,8,10-13,20H2,1H3. The highest BCUT2D eigenvalue weighted by Gasteiger charge is 2.39. The Morgan fingerprint density at radius 3 is 2.40 bits per heavy atom. The lowest BCUT2D eigenvalue weighted by atomic mass is 9.82. The quantitative estimate of drug-likeness (QED) is 0.191. The van der Waals surface area contributed by atoms with E-state index in [0.29, 0.717) is 5.92 Å². The molecule has 1 aliphatic rings. The van der Waals surface area contributed by atoms with E-state index in [-0.39, 0.29) is 24.0 Å². The number of rotatable bonds is 10. The fourth-order valence-corrected chi connectivity index (χ4v) is 4.09. The van der Waals surface area contributed by atoms with Crippen LogP contribution in [0.2, 0.25) is 0 Å². The minimum Gasteiger partial charge on any atom is -0.490 e. The predicted molar refractivity (Wildman–Crippen MR) is 129 cm³/mol. The molecule has 0 spiro atoms. The average Bonchev–Trinajstić information content (AvgIpc) is 2.85. The van der Waals surface area contributed by atoms with E-state index in [1.54, 1.807) is 18.2 Å². The normalized spacial score (nSPS) is 17.9. The van der Waals surface area contributed by atoms with E-state index in [2.05, 4.69) is 25.3 Å². The highest BCUT2D eigenvalue weighted by molar-refractivity contribution is 5.34. The van der Waals surface area contributed by atoms with Gasteiger partial charge in [-0.3, -0.25) is 0 Å². The smallest absolute Gasteiger partial charge is 0.429 e. The lowest BCUT2D eigenvalue weighted by molar-refractivity contribution is -0.187. The molecule has 0 saturated heterocycles. The number of unbranched alkanes of at least 4 members (excludes halogenated alkanes) is 1. The van der Waals surface area contributed by atoms with Crippen LogP contribution >= 0.6 is 0 Å². The van der Waals surface area contributed by atoms with Crippen molar-refractivity contribution in [3.8, 4) is 23.3 Å². The van der Waals surface area contributed by atoms with E-state index in [1.807, 2.05) is 0 Å². The first-order valence-corrected chi connectivity index (χ1v) is 12.2. The molecule has 0 heterocycles. The summed E-state index contributed by atoms with van der Waals surface area (Å²) >= 11 is 0. The Hall–Kier alpha value is -2.94. The molecular weight excluding hydrogens is 456 g/mol. The summed E-state index contributed by atoms with van der Waals surface area (Å²) in [7, 11) is 0. The largest absolute Gasteiger partial charge is 0.490 e. The molecule has 1 fully saturated rings. The van der Waals surface area contributed by atoms with Crippen molar-refractivity contribution in [3.05, 3.63) is 71.8 Å². The second-order valence-electron chi connectivity index (χ2n) is 8.93. The molecule has 0 aliphatic heterocycles. The summed E-state index contributed by atoms with van der Waals surface area (Å²) in [6.07, 6.45) is 4.77. The Kier molecular flexibility index (Phi) is 9.65. The van der Waals surface area contributed by atoms with E-state index in [0.717, 1.165) is 69.1 Å². The minimum absolute atomic E-state index is 0.146. The third-order valence-corrected chi connectivity index (χ3v) is 6.17. The Labute approximate surface area is 205 Å². The van der Waals surface area contributed by atoms with Crippen LogP contribution in [0.25, 0.3) is 0 Å². The maximum atomic E-state index is 14.6. The molecule has 0 bridgehead atoms. The van der Waals surface area contributed by atoms with Gasteiger partial charge in [0.2, 0.25) is 5.82 Å². The summed E-state index contributed by atoms with van der Waals surface area (Å²) < 4.78 is 68.7. The van der Waals surface area contributed by atoms with Crippen LogP contribution in [0.5, 0.6) is 11.5 Å². The van der Waals surface area contributed by atoms with E-state index in [9.17, 15) is 17.6 Å². The van der Waals surface area contributed by atoms with Gasteiger partial charge in [0.15, 0.2) is 11.6 Å². The fraction of sp³-hybridized carbons (Fsp3) is 0.448. The van der Waals surface area contributed by atoms with E-state index in [1.165, 1.54) is 12.1 Å². The molecule has 0 atom stereocenters. The Bertz CT molecular complexity index is 1030. The summed E-state index contributed by atoms with van der Waals surface area (Å²) in [5.41, 5.74) is -0.249. The Morgan fingerprint density at radius 2 is 1.74 bits per heavy atom. The second kappa shape index (κ2) is 12.7. The van der Waals surface area contributed by atoms with Crippen molar-refractivity contribution in [2.75, 3.05) is 6.61 Å². The van der Waals surface area contributed by atoms with Gasteiger partial charge in [0.1, 0.15) is 11.3 Å². The first-order chi connectivity index (χ1) is 16.8. The number of allylic oxidation sites excluding steroid dienone is 1. The zero-order valence-electron chi connectivity index (χ0n) is 20.1. The lowest BCUT2D eigenvalue weighted by Crippen LogP contribution is -2.24. The number of hydrogen-bond donors (Lipinski definition) is 0. The molecule has 0 amide bonds. The predicted octanol–water partition coefficient (Wildman–Crippen LogP) is 8.20. The molecule has 2 aromatic carbocycles. The molecule has 2 nitrogen and oxygen atoms in total. The molecule has 0 radical (unpaired) electrons. The van der Waals surface area contributed by atoms with E-state index >= 15 is 0 Å². The van der Waals surface area contributed by atoms with Crippen molar-refractivity contribution in [2.45, 2.75) is 64.4 Å². The molecule has 2 aromatic rings. The molecule has 0 aromatic heterocycles. The zero-order valence-corrected chi connectivity index (χ0v) is 20.1. The maximum Gasteiger partial charge on any atom is 0.429 e. The van der Waals surface area contributed by atoms with Crippen molar-refractivity contribution in [1.82, 2.24) is 0 Å². The first-order valence-electron chi connectivity index (χ1n) is 12.2. The molecule has 35 heavy (non-hydrogen) atoms. The van der Waals surface area contributed by atoms with Crippen LogP contribution in [0.15, 0.2) is 49.1 Å². The minimum atomic E-state index is -4.05. The summed E-state index contributed by atoms with van der Waals surface area (Å²) in [5, 5.41) is 0. The van der Waals surface area contributed by atoms with Crippen LogP contribution in [0.3, 0.4) is 0 Å². The van der Waals surface area contributed by atoms with Gasteiger partial charge in [-0.05, 0) is 80.7 Å².